The first kappa shape index (κ1) is 13.7. The lowest BCUT2D eigenvalue weighted by Crippen LogP contribution is -2.36. The van der Waals surface area contributed by atoms with Crippen molar-refractivity contribution in [2.24, 2.45) is 11.8 Å². The van der Waals surface area contributed by atoms with Crippen molar-refractivity contribution in [3.8, 4) is 0 Å². The van der Waals surface area contributed by atoms with Crippen molar-refractivity contribution in [3.63, 3.8) is 0 Å². The summed E-state index contributed by atoms with van der Waals surface area (Å²) < 4.78 is 5.59. The van der Waals surface area contributed by atoms with Gasteiger partial charge in [0.2, 0.25) is 0 Å². The summed E-state index contributed by atoms with van der Waals surface area (Å²) in [5, 5.41) is 0. The van der Waals surface area contributed by atoms with Gasteiger partial charge in [-0.1, -0.05) is 13.8 Å². The Morgan fingerprint density at radius 1 is 1.31 bits per heavy atom. The molecule has 1 aliphatic heterocycles. The van der Waals surface area contributed by atoms with Crippen LogP contribution in [0.1, 0.15) is 33.1 Å². The molecular weight excluding hydrogens is 202 g/mol. The van der Waals surface area contributed by atoms with E-state index in [1.807, 2.05) is 0 Å². The van der Waals surface area contributed by atoms with Crippen LogP contribution in [0.15, 0.2) is 0 Å². The molecule has 0 aromatic rings. The second kappa shape index (κ2) is 7.80. The molecule has 16 heavy (non-hydrogen) atoms. The number of aldehydes is 1. The van der Waals surface area contributed by atoms with Crippen LogP contribution in [-0.2, 0) is 9.53 Å². The molecule has 0 spiro atoms. The molecule has 3 nitrogen and oxygen atoms in total. The topological polar surface area (TPSA) is 29.5 Å². The molecule has 0 aromatic heterocycles. The Kier molecular flexibility index (Phi) is 6.65. The van der Waals surface area contributed by atoms with E-state index < -0.39 is 0 Å². The molecule has 0 saturated carbocycles. The van der Waals surface area contributed by atoms with Crippen LogP contribution in [0.3, 0.4) is 0 Å². The van der Waals surface area contributed by atoms with Crippen molar-refractivity contribution >= 4 is 6.29 Å². The molecule has 0 aromatic carbocycles. The Morgan fingerprint density at radius 2 is 2.00 bits per heavy atom. The maximum Gasteiger partial charge on any atom is 0.123 e. The minimum atomic E-state index is 0.304. The number of carbonyl (C=O) groups excluding carboxylic acids is 1. The molecule has 94 valence electrons. The summed E-state index contributed by atoms with van der Waals surface area (Å²) in [6.07, 6.45) is 4.30. The van der Waals surface area contributed by atoms with Crippen molar-refractivity contribution in [2.45, 2.75) is 33.1 Å². The van der Waals surface area contributed by atoms with Gasteiger partial charge in [0.15, 0.2) is 0 Å². The van der Waals surface area contributed by atoms with Crippen LogP contribution in [0, 0.1) is 11.8 Å². The highest BCUT2D eigenvalue weighted by Crippen LogP contribution is 2.14. The molecule has 0 bridgehead atoms. The van der Waals surface area contributed by atoms with Gasteiger partial charge >= 0.3 is 0 Å². The lowest BCUT2D eigenvalue weighted by atomic mass is 9.99. The van der Waals surface area contributed by atoms with Crippen LogP contribution >= 0.6 is 0 Å². The summed E-state index contributed by atoms with van der Waals surface area (Å²) in [6, 6.07) is 0. The summed E-state index contributed by atoms with van der Waals surface area (Å²) >= 11 is 0. The smallest absolute Gasteiger partial charge is 0.123 e. The Morgan fingerprint density at radius 3 is 2.56 bits per heavy atom. The standard InChI is InChI=1S/C13H25NO2/c1-12(2)5-9-16-10-8-14-6-3-13(11-15)4-7-14/h11-13H,3-10H2,1-2H3. The predicted octanol–water partition coefficient (Wildman–Crippen LogP) is 1.96. The molecule has 0 unspecified atom stereocenters. The van der Waals surface area contributed by atoms with E-state index in [1.54, 1.807) is 0 Å². The highest BCUT2D eigenvalue weighted by Gasteiger charge is 2.17. The zero-order valence-electron chi connectivity index (χ0n) is 10.7. The molecule has 3 heteroatoms. The van der Waals surface area contributed by atoms with E-state index in [4.69, 9.17) is 4.74 Å². The van der Waals surface area contributed by atoms with Gasteiger partial charge in [-0.2, -0.15) is 0 Å². The largest absolute Gasteiger partial charge is 0.380 e. The molecular formula is C13H25NO2. The molecule has 0 amide bonds. The molecule has 0 aliphatic carbocycles. The average Bonchev–Trinajstić information content (AvgIpc) is 2.29. The summed E-state index contributed by atoms with van der Waals surface area (Å²) in [5.74, 6) is 1.03. The molecule has 0 N–H and O–H groups in total. The van der Waals surface area contributed by atoms with Crippen molar-refractivity contribution in [1.29, 1.82) is 0 Å². The molecule has 1 heterocycles. The first-order chi connectivity index (χ1) is 7.72. The zero-order chi connectivity index (χ0) is 11.8. The van der Waals surface area contributed by atoms with E-state index in [9.17, 15) is 4.79 Å². The minimum absolute atomic E-state index is 0.304. The van der Waals surface area contributed by atoms with E-state index >= 15 is 0 Å². The van der Waals surface area contributed by atoms with Crippen molar-refractivity contribution in [3.05, 3.63) is 0 Å². The van der Waals surface area contributed by atoms with Gasteiger partial charge in [0.25, 0.3) is 0 Å². The van der Waals surface area contributed by atoms with Gasteiger partial charge in [-0.25, -0.2) is 0 Å². The van der Waals surface area contributed by atoms with Crippen molar-refractivity contribution in [1.82, 2.24) is 4.90 Å². The molecule has 0 radical (unpaired) electrons. The molecule has 1 rings (SSSR count). The van der Waals surface area contributed by atoms with Crippen molar-refractivity contribution < 1.29 is 9.53 Å². The third kappa shape index (κ3) is 5.61. The average molecular weight is 227 g/mol. The number of piperidine rings is 1. The van der Waals surface area contributed by atoms with Crippen LogP contribution in [0.2, 0.25) is 0 Å². The van der Waals surface area contributed by atoms with Crippen molar-refractivity contribution in [2.75, 3.05) is 32.8 Å². The second-order valence-electron chi connectivity index (χ2n) is 5.11. The van der Waals surface area contributed by atoms with Crippen LogP contribution in [0.25, 0.3) is 0 Å². The summed E-state index contributed by atoms with van der Waals surface area (Å²) in [5.41, 5.74) is 0. The Hall–Kier alpha value is -0.410. The maximum absolute atomic E-state index is 10.6. The number of ether oxygens (including phenoxy) is 1. The number of hydrogen-bond donors (Lipinski definition) is 0. The maximum atomic E-state index is 10.6. The SMILES string of the molecule is CC(C)CCOCCN1CCC(C=O)CC1. The highest BCUT2D eigenvalue weighted by atomic mass is 16.5. The van der Waals surface area contributed by atoms with Crippen LogP contribution < -0.4 is 0 Å². The van der Waals surface area contributed by atoms with Gasteiger partial charge in [-0.05, 0) is 38.3 Å². The van der Waals surface area contributed by atoms with Gasteiger partial charge in [0.05, 0.1) is 6.61 Å². The highest BCUT2D eigenvalue weighted by molar-refractivity contribution is 5.53. The number of carbonyl (C=O) groups is 1. The first-order valence-corrected chi connectivity index (χ1v) is 6.47. The van der Waals surface area contributed by atoms with Gasteiger partial charge < -0.3 is 14.4 Å². The van der Waals surface area contributed by atoms with E-state index in [1.165, 1.54) is 0 Å². The monoisotopic (exact) mass is 227 g/mol. The Bertz CT molecular complexity index is 186. The lowest BCUT2D eigenvalue weighted by molar-refractivity contribution is -0.112. The van der Waals surface area contributed by atoms with E-state index in [0.717, 1.165) is 64.3 Å². The van der Waals surface area contributed by atoms with Crippen LogP contribution in [0.5, 0.6) is 0 Å². The summed E-state index contributed by atoms with van der Waals surface area (Å²) in [7, 11) is 0. The molecule has 1 fully saturated rings. The minimum Gasteiger partial charge on any atom is -0.380 e. The van der Waals surface area contributed by atoms with Gasteiger partial charge in [0.1, 0.15) is 6.29 Å². The zero-order valence-corrected chi connectivity index (χ0v) is 10.7. The van der Waals surface area contributed by atoms with Gasteiger partial charge in [-0.3, -0.25) is 0 Å². The fourth-order valence-electron chi connectivity index (χ4n) is 1.93. The third-order valence-corrected chi connectivity index (χ3v) is 3.22. The summed E-state index contributed by atoms with van der Waals surface area (Å²) in [4.78, 5) is 13.0. The Balaban J connectivity index is 1.96. The van der Waals surface area contributed by atoms with E-state index in [-0.39, 0.29) is 0 Å². The predicted molar refractivity (Wildman–Crippen MR) is 65.5 cm³/mol. The normalized spacial score (nSPS) is 19.2. The number of nitrogens with zero attached hydrogens (tertiary/aromatic N) is 1. The first-order valence-electron chi connectivity index (χ1n) is 6.47. The second-order valence-corrected chi connectivity index (χ2v) is 5.11. The number of hydrogen-bond acceptors (Lipinski definition) is 3. The fraction of sp³-hybridized carbons (Fsp3) is 0.923. The number of rotatable bonds is 7. The van der Waals surface area contributed by atoms with Gasteiger partial charge in [0, 0.05) is 19.1 Å². The third-order valence-electron chi connectivity index (χ3n) is 3.22. The molecule has 0 atom stereocenters. The quantitative estimate of drug-likeness (QED) is 0.492. The summed E-state index contributed by atoms with van der Waals surface area (Å²) in [6.45, 7) is 9.26. The Labute approximate surface area is 99.1 Å². The van der Waals surface area contributed by atoms with E-state index in [0.29, 0.717) is 5.92 Å². The van der Waals surface area contributed by atoms with Gasteiger partial charge in [-0.15, -0.1) is 0 Å². The lowest BCUT2D eigenvalue weighted by Gasteiger charge is -2.29. The fourth-order valence-corrected chi connectivity index (χ4v) is 1.93. The van der Waals surface area contributed by atoms with Crippen LogP contribution in [-0.4, -0.2) is 44.0 Å². The molecule has 1 aliphatic rings. The number of likely N-dealkylation sites (tertiary alicyclic amines) is 1. The van der Waals surface area contributed by atoms with Crippen LogP contribution in [0.4, 0.5) is 0 Å². The van der Waals surface area contributed by atoms with E-state index in [2.05, 4.69) is 18.7 Å². The molecule has 1 saturated heterocycles.